The first-order valence-electron chi connectivity index (χ1n) is 8.84. The first-order chi connectivity index (χ1) is 12.7. The number of carbonyl (C=O) groups excluding carboxylic acids is 1. The third kappa shape index (κ3) is 3.05. The number of methoxy groups -OCH3 is 1. The molecule has 6 heteroatoms. The van der Waals surface area contributed by atoms with Crippen molar-refractivity contribution in [2.45, 2.75) is 38.6 Å². The van der Waals surface area contributed by atoms with Crippen LogP contribution in [0.1, 0.15) is 40.1 Å². The lowest BCUT2D eigenvalue weighted by molar-refractivity contribution is 0.0970. The number of Topliss-reactive ketones (excluding diaryl/α,β-unsaturated/α-hetero) is 1. The first-order valence-corrected chi connectivity index (χ1v) is 9.66. The number of thiophene rings is 1. The Balaban J connectivity index is 1.70. The lowest BCUT2D eigenvalue weighted by Crippen LogP contribution is -2.24. The van der Waals surface area contributed by atoms with E-state index in [2.05, 4.69) is 4.98 Å². The van der Waals surface area contributed by atoms with E-state index in [0.717, 1.165) is 29.7 Å². The van der Waals surface area contributed by atoms with Crippen LogP contribution in [0.15, 0.2) is 35.4 Å². The van der Waals surface area contributed by atoms with Gasteiger partial charge in [0.05, 0.1) is 25.4 Å². The van der Waals surface area contributed by atoms with Crippen molar-refractivity contribution in [1.29, 1.82) is 0 Å². The van der Waals surface area contributed by atoms with Crippen molar-refractivity contribution in [3.8, 4) is 5.75 Å². The molecule has 0 atom stereocenters. The summed E-state index contributed by atoms with van der Waals surface area (Å²) in [6.07, 6.45) is 6.93. The average molecular weight is 368 g/mol. The van der Waals surface area contributed by atoms with Crippen molar-refractivity contribution in [2.75, 3.05) is 7.11 Å². The molecule has 5 nitrogen and oxygen atoms in total. The summed E-state index contributed by atoms with van der Waals surface area (Å²) >= 11 is 1.63. The number of hydrogen-bond donors (Lipinski definition) is 0. The van der Waals surface area contributed by atoms with Gasteiger partial charge in [-0.25, -0.2) is 4.98 Å². The van der Waals surface area contributed by atoms with Crippen LogP contribution in [0.25, 0.3) is 10.2 Å². The van der Waals surface area contributed by atoms with E-state index in [1.165, 1.54) is 28.6 Å². The molecule has 0 fully saturated rings. The zero-order valence-electron chi connectivity index (χ0n) is 14.7. The summed E-state index contributed by atoms with van der Waals surface area (Å²) < 4.78 is 6.60. The molecule has 0 N–H and O–H groups in total. The Morgan fingerprint density at radius 3 is 2.96 bits per heavy atom. The van der Waals surface area contributed by atoms with E-state index in [1.54, 1.807) is 42.7 Å². The van der Waals surface area contributed by atoms with Crippen LogP contribution in [0.4, 0.5) is 0 Å². The molecule has 134 valence electrons. The van der Waals surface area contributed by atoms with Gasteiger partial charge < -0.3 is 4.74 Å². The zero-order chi connectivity index (χ0) is 18.1. The number of ether oxygens (including phenoxy) is 1. The predicted molar refractivity (Wildman–Crippen MR) is 102 cm³/mol. The summed E-state index contributed by atoms with van der Waals surface area (Å²) in [5.74, 6) is 0.494. The van der Waals surface area contributed by atoms with Crippen molar-refractivity contribution in [3.63, 3.8) is 0 Å². The summed E-state index contributed by atoms with van der Waals surface area (Å²) in [4.78, 5) is 32.2. The van der Waals surface area contributed by atoms with E-state index in [1.807, 2.05) is 0 Å². The Morgan fingerprint density at radius 2 is 2.12 bits per heavy atom. The van der Waals surface area contributed by atoms with Gasteiger partial charge in [-0.3, -0.25) is 14.2 Å². The van der Waals surface area contributed by atoms with Gasteiger partial charge in [0, 0.05) is 10.4 Å². The largest absolute Gasteiger partial charge is 0.497 e. The standard InChI is InChI=1S/C20H20N2O3S/c1-25-14-7-5-6-13(10-14)16(23)11-22-12-21-19-18(20(22)24)15-8-3-2-4-9-17(15)26-19/h5-7,10,12H,2-4,8-9,11H2,1H3. The highest BCUT2D eigenvalue weighted by Gasteiger charge is 2.20. The molecule has 1 aromatic carbocycles. The molecular weight excluding hydrogens is 348 g/mol. The minimum atomic E-state index is -0.131. The highest BCUT2D eigenvalue weighted by Crippen LogP contribution is 2.32. The lowest BCUT2D eigenvalue weighted by atomic mass is 10.1. The molecule has 0 bridgehead atoms. The van der Waals surface area contributed by atoms with Crippen LogP contribution in [-0.4, -0.2) is 22.4 Å². The monoisotopic (exact) mass is 368 g/mol. The fraction of sp³-hybridized carbons (Fsp3) is 0.350. The molecule has 0 amide bonds. The van der Waals surface area contributed by atoms with Gasteiger partial charge in [0.1, 0.15) is 10.6 Å². The number of benzene rings is 1. The van der Waals surface area contributed by atoms with Crippen LogP contribution in [0.2, 0.25) is 0 Å². The molecule has 0 spiro atoms. The number of rotatable bonds is 4. The fourth-order valence-corrected chi connectivity index (χ4v) is 4.73. The van der Waals surface area contributed by atoms with Crippen LogP contribution < -0.4 is 10.3 Å². The fourth-order valence-electron chi connectivity index (χ4n) is 3.51. The second-order valence-corrected chi connectivity index (χ2v) is 7.66. The number of aryl methyl sites for hydroxylation is 2. The van der Waals surface area contributed by atoms with Crippen molar-refractivity contribution in [1.82, 2.24) is 9.55 Å². The van der Waals surface area contributed by atoms with E-state index in [0.29, 0.717) is 16.7 Å². The number of fused-ring (bicyclic) bond motifs is 3. The summed E-state index contributed by atoms with van der Waals surface area (Å²) in [6.45, 7) is -0.0143. The minimum absolute atomic E-state index is 0.0143. The Labute approximate surface area is 155 Å². The van der Waals surface area contributed by atoms with Gasteiger partial charge in [-0.2, -0.15) is 0 Å². The molecule has 0 radical (unpaired) electrons. The van der Waals surface area contributed by atoms with Gasteiger partial charge in [0.25, 0.3) is 5.56 Å². The smallest absolute Gasteiger partial charge is 0.262 e. The number of aromatic nitrogens is 2. The van der Waals surface area contributed by atoms with Gasteiger partial charge in [0.15, 0.2) is 5.78 Å². The quantitative estimate of drug-likeness (QED) is 0.521. The molecule has 2 aromatic heterocycles. The molecule has 0 saturated heterocycles. The predicted octanol–water partition coefficient (Wildman–Crippen LogP) is 3.62. The molecule has 0 saturated carbocycles. The third-order valence-corrected chi connectivity index (χ3v) is 6.10. The maximum absolute atomic E-state index is 13.0. The lowest BCUT2D eigenvalue weighted by Gasteiger charge is -2.07. The molecule has 4 rings (SSSR count). The van der Waals surface area contributed by atoms with E-state index in [-0.39, 0.29) is 17.9 Å². The second kappa shape index (κ2) is 7.03. The van der Waals surface area contributed by atoms with Crippen molar-refractivity contribution in [2.24, 2.45) is 0 Å². The second-order valence-electron chi connectivity index (χ2n) is 6.58. The van der Waals surface area contributed by atoms with Gasteiger partial charge in [0.2, 0.25) is 0 Å². The zero-order valence-corrected chi connectivity index (χ0v) is 15.5. The Hall–Kier alpha value is -2.47. The molecule has 0 unspecified atom stereocenters. The summed E-state index contributed by atoms with van der Waals surface area (Å²) in [6, 6.07) is 6.99. The maximum Gasteiger partial charge on any atom is 0.262 e. The van der Waals surface area contributed by atoms with Crippen molar-refractivity contribution >= 4 is 27.3 Å². The highest BCUT2D eigenvalue weighted by atomic mass is 32.1. The Kier molecular flexibility index (Phi) is 4.59. The van der Waals surface area contributed by atoms with Gasteiger partial charge in [-0.15, -0.1) is 11.3 Å². The molecule has 3 aromatic rings. The van der Waals surface area contributed by atoms with Crippen LogP contribution in [0.3, 0.4) is 0 Å². The average Bonchev–Trinajstić information content (AvgIpc) is 2.86. The molecule has 26 heavy (non-hydrogen) atoms. The maximum atomic E-state index is 13.0. The summed E-state index contributed by atoms with van der Waals surface area (Å²) in [5.41, 5.74) is 1.58. The van der Waals surface area contributed by atoms with Crippen LogP contribution in [0, 0.1) is 0 Å². The van der Waals surface area contributed by atoms with Gasteiger partial charge in [-0.05, 0) is 43.4 Å². The Bertz CT molecular complexity index is 1040. The number of nitrogens with zero attached hydrogens (tertiary/aromatic N) is 2. The minimum Gasteiger partial charge on any atom is -0.497 e. The molecular formula is C20H20N2O3S. The first kappa shape index (κ1) is 17.0. The van der Waals surface area contributed by atoms with Crippen LogP contribution in [0.5, 0.6) is 5.75 Å². The van der Waals surface area contributed by atoms with Gasteiger partial charge >= 0.3 is 0 Å². The third-order valence-electron chi connectivity index (χ3n) is 4.90. The summed E-state index contributed by atoms with van der Waals surface area (Å²) in [7, 11) is 1.56. The molecule has 1 aliphatic carbocycles. The molecule has 2 heterocycles. The normalized spacial score (nSPS) is 14.0. The van der Waals surface area contributed by atoms with E-state index in [9.17, 15) is 9.59 Å². The number of ketones is 1. The van der Waals surface area contributed by atoms with E-state index < -0.39 is 0 Å². The molecule has 0 aliphatic heterocycles. The van der Waals surface area contributed by atoms with Crippen LogP contribution >= 0.6 is 11.3 Å². The van der Waals surface area contributed by atoms with E-state index in [4.69, 9.17) is 4.74 Å². The topological polar surface area (TPSA) is 61.2 Å². The number of hydrogen-bond acceptors (Lipinski definition) is 5. The van der Waals surface area contributed by atoms with Crippen molar-refractivity contribution < 1.29 is 9.53 Å². The van der Waals surface area contributed by atoms with Crippen LogP contribution in [-0.2, 0) is 19.4 Å². The SMILES string of the molecule is COc1cccc(C(=O)Cn2cnc3sc4c(c3c2=O)CCCCC4)c1. The van der Waals surface area contributed by atoms with E-state index >= 15 is 0 Å². The number of carbonyl (C=O) groups is 1. The highest BCUT2D eigenvalue weighted by molar-refractivity contribution is 7.18. The molecule has 1 aliphatic rings. The summed E-state index contributed by atoms with van der Waals surface area (Å²) in [5, 5.41) is 0.716. The Morgan fingerprint density at radius 1 is 1.27 bits per heavy atom. The van der Waals surface area contributed by atoms with Gasteiger partial charge in [-0.1, -0.05) is 18.6 Å². The van der Waals surface area contributed by atoms with Crippen molar-refractivity contribution in [3.05, 3.63) is 57.0 Å².